The molecule has 0 unspecified atom stereocenters. The van der Waals surface area contributed by atoms with Crippen LogP contribution in [0.15, 0.2) is 46.3 Å². The maximum atomic E-state index is 12.3. The third-order valence-electron chi connectivity index (χ3n) is 4.48. The summed E-state index contributed by atoms with van der Waals surface area (Å²) in [5, 5.41) is 0. The zero-order valence-electron chi connectivity index (χ0n) is 17.3. The van der Waals surface area contributed by atoms with Gasteiger partial charge in [-0.15, -0.1) is 0 Å². The van der Waals surface area contributed by atoms with E-state index in [1.807, 2.05) is 0 Å². The molecule has 0 saturated carbocycles. The molecule has 0 aliphatic carbocycles. The van der Waals surface area contributed by atoms with Gasteiger partial charge in [-0.05, 0) is 41.5 Å². The van der Waals surface area contributed by atoms with Crippen LogP contribution in [-0.4, -0.2) is 22.0 Å². The van der Waals surface area contributed by atoms with E-state index < -0.39 is 9.05 Å². The molecule has 0 bridgehead atoms. The fourth-order valence-corrected chi connectivity index (χ4v) is 4.09. The van der Waals surface area contributed by atoms with Crippen LogP contribution in [0.3, 0.4) is 0 Å². The number of hydrogen-bond donors (Lipinski definition) is 0. The number of nitrogens with zero attached hydrogens (tertiary/aromatic N) is 2. The summed E-state index contributed by atoms with van der Waals surface area (Å²) in [5.41, 5.74) is 0.486. The molecule has 0 fully saturated rings. The first-order chi connectivity index (χ1) is 13.8. The monoisotopic (exact) mass is 554 g/mol. The van der Waals surface area contributed by atoms with Gasteiger partial charge in [-0.3, -0.25) is 9.13 Å². The fourth-order valence-electron chi connectivity index (χ4n) is 2.78. The molecule has 0 radical (unpaired) electrons. The lowest BCUT2D eigenvalue weighted by Crippen LogP contribution is -2.23. The van der Waals surface area contributed by atoms with E-state index >= 15 is 0 Å². The summed E-state index contributed by atoms with van der Waals surface area (Å²) in [6, 6.07) is 5.92. The summed E-state index contributed by atoms with van der Waals surface area (Å²) in [4.78, 5) is 12.3. The molecule has 0 spiro atoms. The fraction of sp³-hybridized carbons (Fsp3) is 0.571. The number of benzene rings is 1. The van der Waals surface area contributed by atoms with E-state index in [-0.39, 0.29) is 10.6 Å². The van der Waals surface area contributed by atoms with Gasteiger partial charge in [0.15, 0.2) is 0 Å². The van der Waals surface area contributed by atoms with Crippen molar-refractivity contribution in [3.05, 3.63) is 47.1 Å². The summed E-state index contributed by atoms with van der Waals surface area (Å²) in [5.74, 6) is 0. The molecular weight excluding hydrogens is 523 g/mol. The van der Waals surface area contributed by atoms with Crippen molar-refractivity contribution in [2.45, 2.75) is 76.7 Å². The largest absolute Gasteiger partial charge is 0.332 e. The van der Waals surface area contributed by atoms with Gasteiger partial charge >= 0.3 is 5.69 Å². The van der Waals surface area contributed by atoms with Crippen molar-refractivity contribution in [1.82, 2.24) is 9.13 Å². The molecule has 8 heteroatoms. The Morgan fingerprint density at radius 1 is 0.897 bits per heavy atom. The molecule has 0 saturated heterocycles. The van der Waals surface area contributed by atoms with Crippen molar-refractivity contribution >= 4 is 42.3 Å². The van der Waals surface area contributed by atoms with E-state index in [0.717, 1.165) is 19.3 Å². The molecule has 2 rings (SSSR count). The third kappa shape index (κ3) is 9.70. The van der Waals surface area contributed by atoms with E-state index in [9.17, 15) is 13.2 Å². The Hall–Kier alpha value is -0.800. The van der Waals surface area contributed by atoms with Crippen molar-refractivity contribution in [1.29, 1.82) is 0 Å². The van der Waals surface area contributed by atoms with Gasteiger partial charge in [0.05, 0.1) is 10.6 Å². The van der Waals surface area contributed by atoms with Gasteiger partial charge in [0, 0.05) is 29.6 Å². The van der Waals surface area contributed by atoms with Crippen LogP contribution in [0.1, 0.15) is 65.2 Å². The van der Waals surface area contributed by atoms with Gasteiger partial charge in [0.25, 0.3) is 9.05 Å². The highest BCUT2D eigenvalue weighted by Gasteiger charge is 2.10. The molecule has 2 aromatic rings. The zero-order chi connectivity index (χ0) is 21.7. The van der Waals surface area contributed by atoms with Crippen molar-refractivity contribution in [2.75, 3.05) is 4.43 Å². The molecule has 1 aromatic carbocycles. The van der Waals surface area contributed by atoms with E-state index in [0.29, 0.717) is 12.2 Å². The van der Waals surface area contributed by atoms with Crippen molar-refractivity contribution in [3.63, 3.8) is 0 Å². The lowest BCUT2D eigenvalue weighted by atomic mass is 10.2. The molecule has 1 aromatic heterocycles. The average molecular weight is 555 g/mol. The van der Waals surface area contributed by atoms with Gasteiger partial charge in [-0.1, -0.05) is 75.0 Å². The Labute approximate surface area is 193 Å². The second-order valence-corrected chi connectivity index (χ2v) is 10.5. The van der Waals surface area contributed by atoms with Crippen molar-refractivity contribution in [2.24, 2.45) is 0 Å². The SMILES string of the molecule is CCCCCCI.CCCCCCn1ccn(-c2ccc(S(=O)(=O)Cl)cc2)c1=O. The summed E-state index contributed by atoms with van der Waals surface area (Å²) in [6.45, 7) is 5.08. The Balaban J connectivity index is 0.000000516. The number of hydrogen-bond acceptors (Lipinski definition) is 3. The molecular formula is C21H32ClIN2O3S. The van der Waals surface area contributed by atoms with Crippen LogP contribution >= 0.6 is 33.3 Å². The lowest BCUT2D eigenvalue weighted by molar-refractivity contribution is 0.568. The summed E-state index contributed by atoms with van der Waals surface area (Å²) >= 11 is 2.43. The zero-order valence-corrected chi connectivity index (χ0v) is 21.0. The lowest BCUT2D eigenvalue weighted by Gasteiger charge is -2.03. The van der Waals surface area contributed by atoms with Crippen LogP contribution < -0.4 is 5.69 Å². The first kappa shape index (κ1) is 26.2. The molecule has 0 amide bonds. The van der Waals surface area contributed by atoms with Gasteiger partial charge in [0.1, 0.15) is 0 Å². The predicted molar refractivity (Wildman–Crippen MR) is 130 cm³/mol. The number of imidazole rings is 1. The molecule has 29 heavy (non-hydrogen) atoms. The van der Waals surface area contributed by atoms with Gasteiger partial charge < -0.3 is 0 Å². The topological polar surface area (TPSA) is 61.1 Å². The predicted octanol–water partition coefficient (Wildman–Crippen LogP) is 6.15. The molecule has 0 aliphatic heterocycles. The van der Waals surface area contributed by atoms with Gasteiger partial charge in [-0.2, -0.15) is 0 Å². The maximum absolute atomic E-state index is 12.3. The summed E-state index contributed by atoms with van der Waals surface area (Å²) < 4.78 is 26.9. The van der Waals surface area contributed by atoms with Crippen LogP contribution in [0.5, 0.6) is 0 Å². The number of aromatic nitrogens is 2. The molecule has 164 valence electrons. The smallest absolute Gasteiger partial charge is 0.299 e. The maximum Gasteiger partial charge on any atom is 0.332 e. The average Bonchev–Trinajstić information content (AvgIpc) is 3.06. The molecule has 0 atom stereocenters. The molecule has 1 heterocycles. The minimum Gasteiger partial charge on any atom is -0.299 e. The summed E-state index contributed by atoms with van der Waals surface area (Å²) in [6.07, 6.45) is 13.5. The highest BCUT2D eigenvalue weighted by molar-refractivity contribution is 14.1. The van der Waals surface area contributed by atoms with Crippen LogP contribution in [-0.2, 0) is 15.6 Å². The Bertz CT molecular complexity index is 857. The number of rotatable bonds is 11. The van der Waals surface area contributed by atoms with Crippen LogP contribution in [0.4, 0.5) is 0 Å². The minimum absolute atomic E-state index is 0.0185. The standard InChI is InChI=1S/C15H19ClN2O3S.C6H13I/c1-2-3-4-5-10-17-11-12-18(15(17)19)13-6-8-14(9-7-13)22(16,20)21;1-2-3-4-5-6-7/h6-9,11-12H,2-5,10H2,1H3;2-6H2,1H3. The minimum atomic E-state index is -3.74. The number of halogens is 2. The third-order valence-corrected chi connectivity index (χ3v) is 6.62. The quantitative estimate of drug-likeness (QED) is 0.145. The Kier molecular flexibility index (Phi) is 12.9. The van der Waals surface area contributed by atoms with E-state index in [2.05, 4.69) is 36.4 Å². The number of unbranched alkanes of at least 4 members (excludes halogenated alkanes) is 6. The van der Waals surface area contributed by atoms with E-state index in [1.54, 1.807) is 29.1 Å². The van der Waals surface area contributed by atoms with Crippen LogP contribution in [0.2, 0.25) is 0 Å². The van der Waals surface area contributed by atoms with E-state index in [1.165, 1.54) is 53.2 Å². The van der Waals surface area contributed by atoms with Crippen molar-refractivity contribution in [3.8, 4) is 5.69 Å². The Morgan fingerprint density at radius 2 is 1.48 bits per heavy atom. The second-order valence-electron chi connectivity index (χ2n) is 6.89. The molecule has 0 N–H and O–H groups in total. The van der Waals surface area contributed by atoms with E-state index in [4.69, 9.17) is 10.7 Å². The first-order valence-electron chi connectivity index (χ1n) is 10.2. The normalized spacial score (nSPS) is 11.2. The second kappa shape index (κ2) is 14.2. The highest BCUT2D eigenvalue weighted by Crippen LogP contribution is 2.16. The van der Waals surface area contributed by atoms with Gasteiger partial charge in [0.2, 0.25) is 0 Å². The Morgan fingerprint density at radius 3 is 2.00 bits per heavy atom. The highest BCUT2D eigenvalue weighted by atomic mass is 127. The van der Waals surface area contributed by atoms with Crippen LogP contribution in [0, 0.1) is 0 Å². The van der Waals surface area contributed by atoms with Gasteiger partial charge in [-0.25, -0.2) is 13.2 Å². The summed E-state index contributed by atoms with van der Waals surface area (Å²) in [7, 11) is 1.53. The molecule has 0 aliphatic rings. The number of aryl methyl sites for hydroxylation is 1. The molecule has 5 nitrogen and oxygen atoms in total. The van der Waals surface area contributed by atoms with Crippen LogP contribution in [0.25, 0.3) is 5.69 Å². The number of alkyl halides is 1. The van der Waals surface area contributed by atoms with Crippen molar-refractivity contribution < 1.29 is 8.42 Å². The first-order valence-corrected chi connectivity index (χ1v) is 14.1.